The van der Waals surface area contributed by atoms with Crippen molar-refractivity contribution in [3.8, 4) is 15.3 Å². The quantitative estimate of drug-likeness (QED) is 0.267. The molecule has 0 saturated carbocycles. The van der Waals surface area contributed by atoms with Crippen molar-refractivity contribution in [1.82, 2.24) is 0 Å². The highest BCUT2D eigenvalue weighted by molar-refractivity contribution is 8.00. The number of fused-ring (bicyclic) bond motifs is 1. The Bertz CT molecular complexity index is 1250. The first-order valence-corrected chi connectivity index (χ1v) is 11.8. The normalized spacial score (nSPS) is 11.7. The second kappa shape index (κ2) is 7.90. The zero-order valence-electron chi connectivity index (χ0n) is 16.2. The van der Waals surface area contributed by atoms with Crippen LogP contribution in [0.15, 0.2) is 119 Å². The van der Waals surface area contributed by atoms with Gasteiger partial charge in [0.15, 0.2) is 9.60 Å². The summed E-state index contributed by atoms with van der Waals surface area (Å²) in [5, 5.41) is 1.36. The number of aryl methyl sites for hydroxylation is 1. The highest BCUT2D eigenvalue weighted by atomic mass is 32.2. The maximum absolute atomic E-state index is 2.30. The van der Waals surface area contributed by atoms with E-state index in [0.29, 0.717) is 0 Å². The molecule has 1 aromatic heterocycles. The van der Waals surface area contributed by atoms with Crippen molar-refractivity contribution in [3.63, 3.8) is 0 Å². The van der Waals surface area contributed by atoms with Crippen LogP contribution in [0.1, 0.15) is 5.56 Å². The van der Waals surface area contributed by atoms with Gasteiger partial charge in [-0.25, -0.2) is 0 Å². The molecular weight excluding hydrogens is 388 g/mol. The molecule has 0 amide bonds. The van der Waals surface area contributed by atoms with Gasteiger partial charge in [0.2, 0.25) is 4.88 Å². The monoisotopic (exact) mass is 409 g/mol. The molecule has 1 atom stereocenters. The van der Waals surface area contributed by atoms with Crippen LogP contribution in [0.2, 0.25) is 0 Å². The fourth-order valence-electron chi connectivity index (χ4n) is 3.62. The van der Waals surface area contributed by atoms with E-state index in [0.717, 1.165) is 0 Å². The predicted molar refractivity (Wildman–Crippen MR) is 129 cm³/mol. The molecule has 4 aromatic carbocycles. The van der Waals surface area contributed by atoms with E-state index < -0.39 is 0 Å². The molecule has 5 aromatic rings. The lowest BCUT2D eigenvalue weighted by atomic mass is 10.1. The van der Waals surface area contributed by atoms with Crippen LogP contribution in [0.4, 0.5) is 0 Å². The van der Waals surface area contributed by atoms with Crippen LogP contribution in [0, 0.1) is 6.92 Å². The zero-order valence-corrected chi connectivity index (χ0v) is 17.8. The number of hydrogen-bond donors (Lipinski definition) is 0. The average Bonchev–Trinajstić information content (AvgIpc) is 3.10. The van der Waals surface area contributed by atoms with Gasteiger partial charge in [0, 0.05) is 20.9 Å². The van der Waals surface area contributed by atoms with Crippen LogP contribution < -0.4 is 0 Å². The maximum Gasteiger partial charge on any atom is 0.201 e. The first kappa shape index (κ1) is 18.2. The molecule has 140 valence electrons. The number of rotatable bonds is 4. The van der Waals surface area contributed by atoms with E-state index in [-0.39, 0.29) is 10.5 Å². The molecule has 0 aliphatic rings. The molecule has 29 heavy (non-hydrogen) atoms. The minimum absolute atomic E-state index is 0.106. The molecule has 1 unspecified atom stereocenters. The number of thiophene rings is 1. The van der Waals surface area contributed by atoms with Gasteiger partial charge < -0.3 is 0 Å². The summed E-state index contributed by atoms with van der Waals surface area (Å²) < 4.78 is 1.42. The molecule has 0 N–H and O–H groups in total. The Morgan fingerprint density at radius 3 is 1.97 bits per heavy atom. The third-order valence-electron chi connectivity index (χ3n) is 5.02. The van der Waals surface area contributed by atoms with Gasteiger partial charge in [0.1, 0.15) is 0 Å². The largest absolute Gasteiger partial charge is 0.201 e. The van der Waals surface area contributed by atoms with E-state index in [2.05, 4.69) is 116 Å². The summed E-state index contributed by atoms with van der Waals surface area (Å²) in [5.41, 5.74) is 2.61. The van der Waals surface area contributed by atoms with Gasteiger partial charge in [-0.15, -0.1) is 0 Å². The Kier molecular flexibility index (Phi) is 4.97. The molecule has 5 rings (SSSR count). The van der Waals surface area contributed by atoms with Gasteiger partial charge in [-0.1, -0.05) is 78.0 Å². The van der Waals surface area contributed by atoms with E-state index in [1.165, 1.54) is 40.8 Å². The van der Waals surface area contributed by atoms with Gasteiger partial charge >= 0.3 is 0 Å². The van der Waals surface area contributed by atoms with E-state index in [1.807, 2.05) is 11.8 Å². The van der Waals surface area contributed by atoms with Crippen LogP contribution in [0.25, 0.3) is 25.4 Å². The van der Waals surface area contributed by atoms with Crippen molar-refractivity contribution in [1.29, 1.82) is 0 Å². The third-order valence-corrected chi connectivity index (χ3v) is 8.67. The lowest BCUT2D eigenvalue weighted by molar-refractivity contribution is 1.44. The summed E-state index contributed by atoms with van der Waals surface area (Å²) in [4.78, 5) is 5.47. The van der Waals surface area contributed by atoms with E-state index in [1.54, 1.807) is 0 Å². The van der Waals surface area contributed by atoms with Crippen molar-refractivity contribution in [2.45, 2.75) is 16.7 Å². The van der Waals surface area contributed by atoms with E-state index in [4.69, 9.17) is 0 Å². The Balaban J connectivity index is 1.84. The van der Waals surface area contributed by atoms with Crippen LogP contribution in [-0.4, -0.2) is 0 Å². The van der Waals surface area contributed by atoms with Crippen molar-refractivity contribution in [3.05, 3.63) is 115 Å². The summed E-state index contributed by atoms with van der Waals surface area (Å²) in [5.74, 6) is 0. The molecule has 0 saturated heterocycles. The molecule has 0 aliphatic carbocycles. The van der Waals surface area contributed by atoms with Gasteiger partial charge in [-0.05, 0) is 55.5 Å². The maximum atomic E-state index is 2.30. The predicted octanol–water partition coefficient (Wildman–Crippen LogP) is 8.70. The zero-order chi connectivity index (χ0) is 19.6. The molecule has 0 radical (unpaired) electrons. The number of hydrogen-bond acceptors (Lipinski definition) is 1. The lowest BCUT2D eigenvalue weighted by Crippen LogP contribution is -1.81. The highest BCUT2D eigenvalue weighted by Crippen LogP contribution is 2.55. The number of benzene rings is 4. The minimum atomic E-state index is -0.106. The summed E-state index contributed by atoms with van der Waals surface area (Å²) in [6.07, 6.45) is 0. The topological polar surface area (TPSA) is 0 Å². The smallest absolute Gasteiger partial charge is 0.0835 e. The average molecular weight is 410 g/mol. The summed E-state index contributed by atoms with van der Waals surface area (Å²) in [7, 11) is -0.106. The summed E-state index contributed by atoms with van der Waals surface area (Å²) in [6.45, 7) is 2.15. The fourth-order valence-corrected chi connectivity index (χ4v) is 7.50. The molecular formula is C27H21S2+. The van der Waals surface area contributed by atoms with Crippen LogP contribution >= 0.6 is 22.2 Å². The Hall–Kier alpha value is -2.81. The standard InChI is InChI=1S/C27H21S2/c1-20-16-18-21(19-17-20)27-26(28-22-10-4-2-5-11-22)24-14-8-9-15-25(24)29(27)23-12-6-3-7-13-23/h2-19H,1H3/q+1. The molecule has 0 nitrogen and oxygen atoms in total. The van der Waals surface area contributed by atoms with Gasteiger partial charge in [0.25, 0.3) is 0 Å². The molecule has 1 heterocycles. The molecule has 0 fully saturated rings. The second-order valence-electron chi connectivity index (χ2n) is 7.05. The van der Waals surface area contributed by atoms with Gasteiger partial charge in [0.05, 0.1) is 10.3 Å². The lowest BCUT2D eigenvalue weighted by Gasteiger charge is -2.04. The molecule has 0 bridgehead atoms. The molecule has 0 spiro atoms. The molecule has 2 heteroatoms. The third kappa shape index (κ3) is 3.50. The van der Waals surface area contributed by atoms with Crippen molar-refractivity contribution in [2.75, 3.05) is 0 Å². The molecule has 0 aliphatic heterocycles. The van der Waals surface area contributed by atoms with E-state index in [9.17, 15) is 0 Å². The second-order valence-corrected chi connectivity index (χ2v) is 10.1. The van der Waals surface area contributed by atoms with Crippen molar-refractivity contribution in [2.24, 2.45) is 0 Å². The first-order valence-electron chi connectivity index (χ1n) is 9.74. The highest BCUT2D eigenvalue weighted by Gasteiger charge is 2.30. The minimum Gasteiger partial charge on any atom is -0.0835 e. The van der Waals surface area contributed by atoms with Crippen LogP contribution in [0.5, 0.6) is 0 Å². The van der Waals surface area contributed by atoms with Gasteiger partial charge in [-0.3, -0.25) is 0 Å². The van der Waals surface area contributed by atoms with Crippen molar-refractivity contribution < 1.29 is 0 Å². The summed E-state index contributed by atoms with van der Waals surface area (Å²) in [6, 6.07) is 39.6. The summed E-state index contributed by atoms with van der Waals surface area (Å²) >= 11 is 1.89. The van der Waals surface area contributed by atoms with Crippen LogP contribution in [0.3, 0.4) is 0 Å². The van der Waals surface area contributed by atoms with Crippen LogP contribution in [-0.2, 0) is 0 Å². The van der Waals surface area contributed by atoms with Gasteiger partial charge in [-0.2, -0.15) is 0 Å². The Morgan fingerprint density at radius 1 is 0.621 bits per heavy atom. The first-order chi connectivity index (χ1) is 14.3. The fraction of sp³-hybridized carbons (Fsp3) is 0.0370. The SMILES string of the molecule is Cc1ccc(-c2c(Sc3ccccc3)c3ccccc3[s+]2-c2ccccc2)cc1. The Morgan fingerprint density at radius 2 is 1.24 bits per heavy atom. The Labute approximate surface area is 178 Å². The van der Waals surface area contributed by atoms with Crippen molar-refractivity contribution >= 4 is 32.3 Å². The van der Waals surface area contributed by atoms with E-state index >= 15 is 0 Å².